The first-order valence-corrected chi connectivity index (χ1v) is 18.8. The van der Waals surface area contributed by atoms with Crippen LogP contribution in [0.2, 0.25) is 0 Å². The van der Waals surface area contributed by atoms with Crippen molar-refractivity contribution >= 4 is 48.5 Å². The van der Waals surface area contributed by atoms with Crippen LogP contribution in [0.25, 0.3) is 0 Å². The number of hydrogen-bond donors (Lipinski definition) is 0. The first-order valence-electron chi connectivity index (χ1n) is 14.4. The summed E-state index contributed by atoms with van der Waals surface area (Å²) >= 11 is 4.54. The molecule has 0 N–H and O–H groups in total. The molecule has 1 aliphatic heterocycles. The summed E-state index contributed by atoms with van der Waals surface area (Å²) in [5.41, 5.74) is 1.08. The zero-order chi connectivity index (χ0) is 27.9. The molecule has 5 rings (SSSR count). The molecular formula is C35H37BrNO2P. The molecule has 0 spiro atoms. The van der Waals surface area contributed by atoms with Crippen molar-refractivity contribution < 1.29 is 9.59 Å². The van der Waals surface area contributed by atoms with Gasteiger partial charge in [-0.15, -0.1) is 0 Å². The Balaban J connectivity index is 1.17. The van der Waals surface area contributed by atoms with Crippen LogP contribution < -0.4 is 15.9 Å². The second-order valence-corrected chi connectivity index (χ2v) is 19.8. The third-order valence-corrected chi connectivity index (χ3v) is 18.3. The summed E-state index contributed by atoms with van der Waals surface area (Å²) in [5.74, 6) is -0.293. The van der Waals surface area contributed by atoms with Crippen molar-refractivity contribution in [3.05, 3.63) is 126 Å². The first-order chi connectivity index (χ1) is 19.5. The molecule has 2 amide bonds. The van der Waals surface area contributed by atoms with E-state index in [0.29, 0.717) is 17.7 Å². The summed E-state index contributed by atoms with van der Waals surface area (Å²) in [7, 11) is 0. The van der Waals surface area contributed by atoms with Crippen LogP contribution in [0.15, 0.2) is 115 Å². The first kappa shape index (κ1) is 28.5. The number of unbranched alkanes of at least 4 members (excludes halogenated alkanes) is 6. The molecule has 1 heterocycles. The van der Waals surface area contributed by atoms with Gasteiger partial charge in [0.2, 0.25) is 0 Å². The van der Waals surface area contributed by atoms with E-state index in [0.717, 1.165) is 31.8 Å². The summed E-state index contributed by atoms with van der Waals surface area (Å²) in [5, 5.41) is 1.29. The van der Waals surface area contributed by atoms with Crippen LogP contribution in [-0.2, 0) is 0 Å². The van der Waals surface area contributed by atoms with Gasteiger partial charge in [-0.25, -0.2) is 0 Å². The minimum atomic E-state index is -2.83. The molecule has 0 unspecified atom stereocenters. The van der Waals surface area contributed by atoms with E-state index in [-0.39, 0.29) is 11.8 Å². The molecule has 0 fully saturated rings. The number of halogens is 1. The second kappa shape index (κ2) is 12.6. The van der Waals surface area contributed by atoms with Gasteiger partial charge >= 0.3 is 223 Å². The van der Waals surface area contributed by atoms with E-state index >= 15 is 0 Å². The van der Waals surface area contributed by atoms with Crippen LogP contribution in [0.5, 0.6) is 0 Å². The Kier molecular flexibility index (Phi) is 8.98. The van der Waals surface area contributed by atoms with E-state index in [1.54, 1.807) is 12.1 Å². The quantitative estimate of drug-likeness (QED) is 0.0874. The molecule has 3 nitrogen and oxygen atoms in total. The Morgan fingerprint density at radius 2 is 0.825 bits per heavy atom. The van der Waals surface area contributed by atoms with Gasteiger partial charge < -0.3 is 0 Å². The maximum absolute atomic E-state index is 12.6. The van der Waals surface area contributed by atoms with Gasteiger partial charge in [0, 0.05) is 0 Å². The fourth-order valence-corrected chi connectivity index (χ4v) is 13.8. The maximum atomic E-state index is 12.6. The number of amides is 2. The molecule has 0 radical (unpaired) electrons. The summed E-state index contributed by atoms with van der Waals surface area (Å²) in [6.07, 6.45) is 8.75. The molecule has 4 aromatic rings. The SMILES string of the molecule is O=C1c2ccccc2C(=O)N1CCCCCCCCCP(Br)(c1ccccc1)(c1ccccc1)c1ccccc1. The van der Waals surface area contributed by atoms with Crippen LogP contribution in [0.1, 0.15) is 65.7 Å². The second-order valence-electron chi connectivity index (χ2n) is 10.7. The number of carbonyl (C=O) groups is 2. The van der Waals surface area contributed by atoms with Gasteiger partial charge in [-0.2, -0.15) is 0 Å². The number of carbonyl (C=O) groups excluding carboxylic acids is 2. The van der Waals surface area contributed by atoms with Crippen LogP contribution in [0.4, 0.5) is 0 Å². The Hall–Kier alpha value is -3.07. The summed E-state index contributed by atoms with van der Waals surface area (Å²) in [6, 6.07) is 40.1. The van der Waals surface area contributed by atoms with Gasteiger partial charge in [0.05, 0.1) is 0 Å². The molecule has 5 heteroatoms. The van der Waals surface area contributed by atoms with Gasteiger partial charge in [0.1, 0.15) is 0 Å². The van der Waals surface area contributed by atoms with Gasteiger partial charge in [-0.1, -0.05) is 12.1 Å². The number of hydrogen-bond acceptors (Lipinski definition) is 2. The van der Waals surface area contributed by atoms with Crippen molar-refractivity contribution in [2.75, 3.05) is 12.7 Å². The van der Waals surface area contributed by atoms with E-state index in [1.165, 1.54) is 40.1 Å². The number of nitrogens with zero attached hydrogens (tertiary/aromatic N) is 1. The van der Waals surface area contributed by atoms with Crippen molar-refractivity contribution in [1.29, 1.82) is 0 Å². The molecule has 0 aromatic heterocycles. The Labute approximate surface area is 246 Å². The van der Waals surface area contributed by atoms with E-state index in [2.05, 4.69) is 106 Å². The predicted octanol–water partition coefficient (Wildman–Crippen LogP) is 7.85. The van der Waals surface area contributed by atoms with Gasteiger partial charge in [-0.05, 0) is 12.1 Å². The standard InChI is InChI=1S/C35H37BrNO2P/c36-40(29-19-9-6-10-20-29,30-21-11-7-12-22-30,31-23-13-8-14-24-31)28-18-5-3-1-2-4-17-27-37-34(38)32-25-15-16-26-33(32)35(37)39/h6-16,19-26H,1-5,17-18,27-28H2. The predicted molar refractivity (Wildman–Crippen MR) is 173 cm³/mol. The average molecular weight is 615 g/mol. The van der Waals surface area contributed by atoms with E-state index in [9.17, 15) is 9.59 Å². The van der Waals surface area contributed by atoms with Crippen molar-refractivity contribution in [2.24, 2.45) is 0 Å². The normalized spacial score (nSPS) is 14.1. The minimum absolute atomic E-state index is 0.146. The van der Waals surface area contributed by atoms with Gasteiger partial charge in [0.15, 0.2) is 0 Å². The van der Waals surface area contributed by atoms with E-state index in [1.807, 2.05) is 12.1 Å². The van der Waals surface area contributed by atoms with Crippen LogP contribution in [0, 0.1) is 0 Å². The van der Waals surface area contributed by atoms with Crippen LogP contribution in [0.3, 0.4) is 0 Å². The number of rotatable bonds is 13. The Bertz CT molecular complexity index is 1310. The summed E-state index contributed by atoms with van der Waals surface area (Å²) < 4.78 is 0. The molecular weight excluding hydrogens is 577 g/mol. The molecule has 1 aliphatic rings. The molecule has 0 aliphatic carbocycles. The molecule has 206 valence electrons. The van der Waals surface area contributed by atoms with Crippen molar-refractivity contribution in [3.8, 4) is 0 Å². The zero-order valence-corrected chi connectivity index (χ0v) is 25.4. The number of fused-ring (bicyclic) bond motifs is 1. The van der Waals surface area contributed by atoms with Crippen LogP contribution in [-0.4, -0.2) is 29.4 Å². The van der Waals surface area contributed by atoms with Gasteiger partial charge in [0.25, 0.3) is 0 Å². The Morgan fingerprint density at radius 1 is 0.475 bits per heavy atom. The fraction of sp³-hybridized carbons (Fsp3) is 0.257. The molecule has 0 atom stereocenters. The number of benzene rings is 4. The van der Waals surface area contributed by atoms with Crippen molar-refractivity contribution in [2.45, 2.75) is 44.9 Å². The molecule has 0 bridgehead atoms. The number of imide groups is 1. The fourth-order valence-electron chi connectivity index (χ4n) is 6.06. The third-order valence-electron chi connectivity index (χ3n) is 8.22. The molecule has 4 aromatic carbocycles. The van der Waals surface area contributed by atoms with Crippen molar-refractivity contribution in [1.82, 2.24) is 4.90 Å². The monoisotopic (exact) mass is 613 g/mol. The van der Waals surface area contributed by atoms with Crippen molar-refractivity contribution in [3.63, 3.8) is 0 Å². The summed E-state index contributed by atoms with van der Waals surface area (Å²) in [6.45, 7) is 0.510. The summed E-state index contributed by atoms with van der Waals surface area (Å²) in [4.78, 5) is 26.5. The van der Waals surface area contributed by atoms with E-state index < -0.39 is 5.31 Å². The third kappa shape index (κ3) is 5.45. The zero-order valence-electron chi connectivity index (χ0n) is 22.9. The molecule has 0 saturated carbocycles. The van der Waals surface area contributed by atoms with Crippen LogP contribution >= 0.6 is 20.8 Å². The molecule has 0 saturated heterocycles. The van der Waals surface area contributed by atoms with E-state index in [4.69, 9.17) is 0 Å². The van der Waals surface area contributed by atoms with Gasteiger partial charge in [-0.3, -0.25) is 0 Å². The molecule has 40 heavy (non-hydrogen) atoms. The Morgan fingerprint density at radius 3 is 1.25 bits per heavy atom. The average Bonchev–Trinajstić information content (AvgIpc) is 3.26. The topological polar surface area (TPSA) is 37.4 Å².